The minimum atomic E-state index is 0.181. The van der Waals surface area contributed by atoms with Crippen molar-refractivity contribution in [2.75, 3.05) is 6.61 Å². The Labute approximate surface area is 110 Å². The number of hydrogen-bond donors (Lipinski definition) is 0. The maximum atomic E-state index is 11.0. The molecule has 0 unspecified atom stereocenters. The lowest BCUT2D eigenvalue weighted by Gasteiger charge is -2.25. The number of carbonyl (C=O) groups is 1. The number of carbonyl (C=O) groups excluding carboxylic acids is 1. The molecule has 0 N–H and O–H groups in total. The zero-order valence-corrected chi connectivity index (χ0v) is 11.6. The molecular formula is C14H17BrO2. The lowest BCUT2D eigenvalue weighted by atomic mass is 9.86. The fraction of sp³-hybridized carbons (Fsp3) is 0.500. The molecule has 0 bridgehead atoms. The molecule has 0 atom stereocenters. The van der Waals surface area contributed by atoms with E-state index in [-0.39, 0.29) is 5.78 Å². The second-order valence-corrected chi connectivity index (χ2v) is 5.61. The third-order valence-electron chi connectivity index (χ3n) is 3.15. The van der Waals surface area contributed by atoms with Crippen LogP contribution in [0.2, 0.25) is 0 Å². The van der Waals surface area contributed by atoms with E-state index in [1.165, 1.54) is 19.3 Å². The van der Waals surface area contributed by atoms with E-state index < -0.39 is 0 Å². The number of rotatable bonds is 5. The predicted octanol–water partition coefficient (Wildman–Crippen LogP) is 3.76. The average Bonchev–Trinajstić information content (AvgIpc) is 2.17. The average molecular weight is 297 g/mol. The molecule has 92 valence electrons. The molecule has 2 nitrogen and oxygen atoms in total. The highest BCUT2D eigenvalue weighted by Crippen LogP contribution is 2.30. The minimum Gasteiger partial charge on any atom is -0.492 e. The van der Waals surface area contributed by atoms with Gasteiger partial charge in [0.25, 0.3) is 0 Å². The van der Waals surface area contributed by atoms with E-state index >= 15 is 0 Å². The second kappa shape index (κ2) is 5.67. The van der Waals surface area contributed by atoms with Gasteiger partial charge in [-0.1, -0.05) is 12.5 Å². The zero-order valence-electron chi connectivity index (χ0n) is 10.0. The van der Waals surface area contributed by atoms with Crippen molar-refractivity contribution < 1.29 is 9.53 Å². The van der Waals surface area contributed by atoms with Crippen molar-refractivity contribution in [1.82, 2.24) is 0 Å². The van der Waals surface area contributed by atoms with E-state index in [4.69, 9.17) is 4.74 Å². The third-order valence-corrected chi connectivity index (χ3v) is 3.77. The summed E-state index contributed by atoms with van der Waals surface area (Å²) in [6.45, 7) is 2.42. The fourth-order valence-electron chi connectivity index (χ4n) is 1.93. The molecule has 1 fully saturated rings. The number of benzene rings is 1. The summed E-state index contributed by atoms with van der Waals surface area (Å²) in [4.78, 5) is 11.0. The van der Waals surface area contributed by atoms with E-state index in [0.29, 0.717) is 6.42 Å². The smallest absolute Gasteiger partial charge is 0.134 e. The van der Waals surface area contributed by atoms with Gasteiger partial charge in [-0.15, -0.1) is 0 Å². The van der Waals surface area contributed by atoms with Crippen molar-refractivity contribution in [3.05, 3.63) is 28.2 Å². The molecule has 1 aromatic rings. The number of Topliss-reactive ketones (excluding diaryl/α,β-unsaturated/α-hetero) is 1. The SMILES string of the molecule is CC(=O)Cc1ccc(OCC2CCC2)c(Br)c1. The van der Waals surface area contributed by atoms with Crippen LogP contribution in [0.25, 0.3) is 0 Å². The molecule has 0 aromatic heterocycles. The molecule has 0 spiro atoms. The quantitative estimate of drug-likeness (QED) is 0.827. The molecule has 0 radical (unpaired) electrons. The summed E-state index contributed by atoms with van der Waals surface area (Å²) < 4.78 is 6.71. The van der Waals surface area contributed by atoms with E-state index in [2.05, 4.69) is 15.9 Å². The lowest BCUT2D eigenvalue weighted by Crippen LogP contribution is -2.19. The van der Waals surface area contributed by atoms with Crippen LogP contribution in [0.1, 0.15) is 31.7 Å². The van der Waals surface area contributed by atoms with Crippen LogP contribution in [-0.4, -0.2) is 12.4 Å². The first kappa shape index (κ1) is 12.6. The van der Waals surface area contributed by atoms with Gasteiger partial charge in [-0.2, -0.15) is 0 Å². The van der Waals surface area contributed by atoms with Crippen molar-refractivity contribution in [1.29, 1.82) is 0 Å². The molecule has 1 aliphatic carbocycles. The van der Waals surface area contributed by atoms with Crippen molar-refractivity contribution in [3.63, 3.8) is 0 Å². The summed E-state index contributed by atoms with van der Waals surface area (Å²) in [5, 5.41) is 0. The number of ether oxygens (including phenoxy) is 1. The fourth-order valence-corrected chi connectivity index (χ4v) is 2.47. The normalized spacial score (nSPS) is 15.4. The Hall–Kier alpha value is -0.830. The Kier molecular flexibility index (Phi) is 4.21. The maximum Gasteiger partial charge on any atom is 0.134 e. The minimum absolute atomic E-state index is 0.181. The summed E-state index contributed by atoms with van der Waals surface area (Å²) >= 11 is 3.49. The molecule has 0 aliphatic heterocycles. The van der Waals surface area contributed by atoms with Crippen LogP contribution in [-0.2, 0) is 11.2 Å². The molecule has 17 heavy (non-hydrogen) atoms. The molecule has 2 rings (SSSR count). The van der Waals surface area contributed by atoms with Gasteiger partial charge in [0.15, 0.2) is 0 Å². The first-order valence-corrected chi connectivity index (χ1v) is 6.85. The third kappa shape index (κ3) is 3.56. The topological polar surface area (TPSA) is 26.3 Å². The standard InChI is InChI=1S/C14H17BrO2/c1-10(16)7-12-5-6-14(13(15)8-12)17-9-11-3-2-4-11/h5-6,8,11H,2-4,7,9H2,1H3. The zero-order chi connectivity index (χ0) is 12.3. The summed E-state index contributed by atoms with van der Waals surface area (Å²) in [6, 6.07) is 5.88. The van der Waals surface area contributed by atoms with Crippen LogP contribution in [0.3, 0.4) is 0 Å². The molecule has 0 heterocycles. The molecule has 0 amide bonds. The van der Waals surface area contributed by atoms with E-state index in [1.807, 2.05) is 18.2 Å². The Balaban J connectivity index is 1.95. The molecule has 3 heteroatoms. The second-order valence-electron chi connectivity index (χ2n) is 4.75. The Morgan fingerprint density at radius 1 is 1.47 bits per heavy atom. The lowest BCUT2D eigenvalue weighted by molar-refractivity contribution is -0.116. The van der Waals surface area contributed by atoms with Crippen LogP contribution in [0.4, 0.5) is 0 Å². The van der Waals surface area contributed by atoms with Gasteiger partial charge >= 0.3 is 0 Å². The molecular weight excluding hydrogens is 280 g/mol. The Morgan fingerprint density at radius 3 is 2.76 bits per heavy atom. The van der Waals surface area contributed by atoms with E-state index in [0.717, 1.165) is 28.3 Å². The summed E-state index contributed by atoms with van der Waals surface area (Å²) in [7, 11) is 0. The van der Waals surface area contributed by atoms with Gasteiger partial charge in [-0.25, -0.2) is 0 Å². The largest absolute Gasteiger partial charge is 0.492 e. The van der Waals surface area contributed by atoms with Crippen molar-refractivity contribution in [3.8, 4) is 5.75 Å². The Morgan fingerprint density at radius 2 is 2.24 bits per heavy atom. The highest BCUT2D eigenvalue weighted by molar-refractivity contribution is 9.10. The van der Waals surface area contributed by atoms with Gasteiger partial charge in [0.1, 0.15) is 11.5 Å². The van der Waals surface area contributed by atoms with Crippen LogP contribution in [0.5, 0.6) is 5.75 Å². The number of ketones is 1. The molecule has 1 aliphatic rings. The van der Waals surface area contributed by atoms with Gasteiger partial charge in [0, 0.05) is 6.42 Å². The van der Waals surface area contributed by atoms with Gasteiger partial charge in [0.05, 0.1) is 11.1 Å². The van der Waals surface area contributed by atoms with Crippen molar-refractivity contribution in [2.24, 2.45) is 5.92 Å². The first-order valence-electron chi connectivity index (χ1n) is 6.06. The maximum absolute atomic E-state index is 11.0. The Bertz CT molecular complexity index is 411. The van der Waals surface area contributed by atoms with E-state index in [9.17, 15) is 4.79 Å². The summed E-state index contributed by atoms with van der Waals surface area (Å²) in [5.41, 5.74) is 1.03. The van der Waals surface area contributed by atoms with E-state index in [1.54, 1.807) is 6.92 Å². The van der Waals surface area contributed by atoms with Gasteiger partial charge < -0.3 is 4.74 Å². The highest BCUT2D eigenvalue weighted by Gasteiger charge is 2.18. The van der Waals surface area contributed by atoms with Gasteiger partial charge in [-0.05, 0) is 59.3 Å². The molecule has 1 aromatic carbocycles. The van der Waals surface area contributed by atoms with Crippen LogP contribution < -0.4 is 4.74 Å². The van der Waals surface area contributed by atoms with Crippen molar-refractivity contribution in [2.45, 2.75) is 32.6 Å². The van der Waals surface area contributed by atoms with Crippen LogP contribution in [0.15, 0.2) is 22.7 Å². The summed E-state index contributed by atoms with van der Waals surface area (Å²) in [6.07, 6.45) is 4.41. The predicted molar refractivity (Wildman–Crippen MR) is 71.4 cm³/mol. The molecule has 1 saturated carbocycles. The van der Waals surface area contributed by atoms with Crippen molar-refractivity contribution >= 4 is 21.7 Å². The van der Waals surface area contributed by atoms with Gasteiger partial charge in [-0.3, -0.25) is 4.79 Å². The highest BCUT2D eigenvalue weighted by atomic mass is 79.9. The number of halogens is 1. The summed E-state index contributed by atoms with van der Waals surface area (Å²) in [5.74, 6) is 1.79. The monoisotopic (exact) mass is 296 g/mol. The number of hydrogen-bond acceptors (Lipinski definition) is 2. The molecule has 0 saturated heterocycles. The first-order chi connectivity index (χ1) is 8.15. The van der Waals surface area contributed by atoms with Gasteiger partial charge in [0.2, 0.25) is 0 Å². The van der Waals surface area contributed by atoms with Crippen LogP contribution in [0, 0.1) is 5.92 Å². The van der Waals surface area contributed by atoms with Crippen LogP contribution >= 0.6 is 15.9 Å².